The third-order valence-electron chi connectivity index (χ3n) is 5.42. The van der Waals surface area contributed by atoms with Gasteiger partial charge in [-0.05, 0) is 59.9 Å². The van der Waals surface area contributed by atoms with Gasteiger partial charge in [-0.2, -0.15) is 0 Å². The number of pyridine rings is 1. The highest BCUT2D eigenvalue weighted by Crippen LogP contribution is 2.30. The molecule has 0 unspecified atom stereocenters. The minimum atomic E-state index is -0.705. The second-order valence-electron chi connectivity index (χ2n) is 7.89. The number of halogens is 1. The Balaban J connectivity index is 1.79. The summed E-state index contributed by atoms with van der Waals surface area (Å²) in [6.45, 7) is 5.99. The minimum absolute atomic E-state index is 0.189. The van der Waals surface area contributed by atoms with Crippen molar-refractivity contribution in [2.75, 3.05) is 5.32 Å². The highest BCUT2D eigenvalue weighted by molar-refractivity contribution is 6.47. The quantitative estimate of drug-likeness (QED) is 0.322. The van der Waals surface area contributed by atoms with Crippen molar-refractivity contribution in [1.82, 2.24) is 4.40 Å². The molecule has 0 aliphatic carbocycles. The summed E-state index contributed by atoms with van der Waals surface area (Å²) >= 11 is 0. The molecule has 0 fully saturated rings. The van der Waals surface area contributed by atoms with Crippen molar-refractivity contribution in [2.45, 2.75) is 26.7 Å². The summed E-state index contributed by atoms with van der Waals surface area (Å²) in [7, 11) is 0. The van der Waals surface area contributed by atoms with Gasteiger partial charge in [0.15, 0.2) is 0 Å². The smallest absolute Gasteiger partial charge is 0.298 e. The third kappa shape index (κ3) is 3.87. The van der Waals surface area contributed by atoms with E-state index in [0.717, 1.165) is 16.6 Å². The zero-order chi connectivity index (χ0) is 22.1. The number of benzene rings is 2. The second kappa shape index (κ2) is 8.19. The number of hydrogen-bond acceptors (Lipinski definition) is 2. The molecule has 31 heavy (non-hydrogen) atoms. The van der Waals surface area contributed by atoms with E-state index in [1.807, 2.05) is 57.2 Å². The molecular weight excluding hydrogens is 391 g/mol. The third-order valence-corrected chi connectivity index (χ3v) is 5.42. The molecule has 4 aromatic rings. The number of anilines is 1. The SMILES string of the molecule is Cc1cccc(C(C)C)c1NC(=O)C(=O)c1c(-c2ccc(F)cc2)cc2ccccn12. The predicted molar refractivity (Wildman–Crippen MR) is 121 cm³/mol. The van der Waals surface area contributed by atoms with E-state index in [0.29, 0.717) is 16.8 Å². The molecule has 2 aromatic heterocycles. The molecule has 0 aliphatic heterocycles. The first-order valence-corrected chi connectivity index (χ1v) is 10.2. The fourth-order valence-corrected chi connectivity index (χ4v) is 3.82. The lowest BCUT2D eigenvalue weighted by molar-refractivity contribution is -0.112. The Labute approximate surface area is 180 Å². The summed E-state index contributed by atoms with van der Waals surface area (Å²) in [5, 5.41) is 2.84. The average molecular weight is 414 g/mol. The number of para-hydroxylation sites is 1. The van der Waals surface area contributed by atoms with Crippen molar-refractivity contribution in [3.63, 3.8) is 0 Å². The lowest BCUT2D eigenvalue weighted by Crippen LogP contribution is -2.25. The summed E-state index contributed by atoms with van der Waals surface area (Å²) in [5.74, 6) is -1.53. The number of rotatable bonds is 5. The van der Waals surface area contributed by atoms with Crippen LogP contribution in [0.2, 0.25) is 0 Å². The number of fused-ring (bicyclic) bond motifs is 1. The molecule has 2 aromatic carbocycles. The van der Waals surface area contributed by atoms with Gasteiger partial charge in [0.2, 0.25) is 0 Å². The monoisotopic (exact) mass is 414 g/mol. The molecule has 4 nitrogen and oxygen atoms in total. The van der Waals surface area contributed by atoms with Gasteiger partial charge in [-0.15, -0.1) is 0 Å². The number of aryl methyl sites for hydroxylation is 1. The summed E-state index contributed by atoms with van der Waals surface area (Å²) in [6.07, 6.45) is 1.75. The molecule has 2 heterocycles. The Morgan fingerprint density at radius 3 is 2.42 bits per heavy atom. The van der Waals surface area contributed by atoms with Crippen molar-refractivity contribution < 1.29 is 14.0 Å². The van der Waals surface area contributed by atoms with Crippen LogP contribution in [-0.2, 0) is 4.79 Å². The molecule has 4 rings (SSSR count). The van der Waals surface area contributed by atoms with E-state index < -0.39 is 11.7 Å². The van der Waals surface area contributed by atoms with E-state index in [2.05, 4.69) is 5.32 Å². The van der Waals surface area contributed by atoms with Crippen molar-refractivity contribution in [2.24, 2.45) is 0 Å². The summed E-state index contributed by atoms with van der Waals surface area (Å²) in [5.41, 5.74) is 4.81. The molecule has 0 radical (unpaired) electrons. The van der Waals surface area contributed by atoms with Crippen LogP contribution >= 0.6 is 0 Å². The summed E-state index contributed by atoms with van der Waals surface area (Å²) < 4.78 is 15.1. The van der Waals surface area contributed by atoms with E-state index in [4.69, 9.17) is 0 Å². The predicted octanol–water partition coefficient (Wildman–Crippen LogP) is 6.00. The maximum absolute atomic E-state index is 13.4. The fraction of sp³-hybridized carbons (Fsp3) is 0.154. The van der Waals surface area contributed by atoms with Crippen LogP contribution in [-0.4, -0.2) is 16.1 Å². The maximum Gasteiger partial charge on any atom is 0.298 e. The Kier molecular flexibility index (Phi) is 5.42. The number of amides is 1. The molecule has 0 spiro atoms. The van der Waals surface area contributed by atoms with Crippen LogP contribution in [0.25, 0.3) is 16.6 Å². The maximum atomic E-state index is 13.4. The van der Waals surface area contributed by atoms with Gasteiger partial charge in [0.25, 0.3) is 11.7 Å². The number of nitrogens with zero attached hydrogens (tertiary/aromatic N) is 1. The topological polar surface area (TPSA) is 50.6 Å². The number of aromatic nitrogens is 1. The van der Waals surface area contributed by atoms with Gasteiger partial charge in [-0.25, -0.2) is 4.39 Å². The van der Waals surface area contributed by atoms with Gasteiger partial charge in [-0.3, -0.25) is 9.59 Å². The Bertz CT molecular complexity index is 1290. The first-order chi connectivity index (χ1) is 14.9. The van der Waals surface area contributed by atoms with Crippen LogP contribution in [0.3, 0.4) is 0 Å². The van der Waals surface area contributed by atoms with Crippen molar-refractivity contribution >= 4 is 22.9 Å². The Hall–Kier alpha value is -3.73. The number of carbonyl (C=O) groups excluding carboxylic acids is 2. The number of ketones is 1. The molecule has 0 aliphatic rings. The second-order valence-corrected chi connectivity index (χ2v) is 7.89. The molecule has 1 amide bonds. The van der Waals surface area contributed by atoms with E-state index in [-0.39, 0.29) is 17.4 Å². The van der Waals surface area contributed by atoms with Crippen LogP contribution < -0.4 is 5.32 Å². The number of Topliss-reactive ketones (excluding diaryl/α,β-unsaturated/α-hetero) is 1. The number of carbonyl (C=O) groups is 2. The van der Waals surface area contributed by atoms with Crippen LogP contribution in [0.15, 0.2) is 72.9 Å². The van der Waals surface area contributed by atoms with Gasteiger partial charge < -0.3 is 9.72 Å². The van der Waals surface area contributed by atoms with Gasteiger partial charge in [-0.1, -0.05) is 50.2 Å². The first kappa shape index (κ1) is 20.5. The van der Waals surface area contributed by atoms with E-state index in [1.165, 1.54) is 12.1 Å². The molecule has 0 saturated carbocycles. The highest BCUT2D eigenvalue weighted by atomic mass is 19.1. The average Bonchev–Trinajstić information content (AvgIpc) is 3.14. The minimum Gasteiger partial charge on any atom is -0.319 e. The van der Waals surface area contributed by atoms with Crippen LogP contribution in [0, 0.1) is 12.7 Å². The zero-order valence-electron chi connectivity index (χ0n) is 17.6. The molecule has 0 saturated heterocycles. The lowest BCUT2D eigenvalue weighted by Gasteiger charge is -2.16. The highest BCUT2D eigenvalue weighted by Gasteiger charge is 2.26. The molecule has 0 atom stereocenters. The molecule has 5 heteroatoms. The molecule has 0 bridgehead atoms. The van der Waals surface area contributed by atoms with Crippen molar-refractivity contribution in [3.8, 4) is 11.1 Å². The molecule has 1 N–H and O–H groups in total. The van der Waals surface area contributed by atoms with E-state index >= 15 is 0 Å². The zero-order valence-corrected chi connectivity index (χ0v) is 17.6. The largest absolute Gasteiger partial charge is 0.319 e. The van der Waals surface area contributed by atoms with Gasteiger partial charge in [0.05, 0.1) is 0 Å². The lowest BCUT2D eigenvalue weighted by atomic mass is 9.98. The van der Waals surface area contributed by atoms with Gasteiger partial charge in [0, 0.05) is 23.0 Å². The van der Waals surface area contributed by atoms with Gasteiger partial charge >= 0.3 is 0 Å². The van der Waals surface area contributed by atoms with Gasteiger partial charge in [0.1, 0.15) is 11.5 Å². The van der Waals surface area contributed by atoms with Crippen molar-refractivity contribution in [3.05, 3.63) is 95.6 Å². The van der Waals surface area contributed by atoms with E-state index in [1.54, 1.807) is 28.8 Å². The first-order valence-electron chi connectivity index (χ1n) is 10.2. The van der Waals surface area contributed by atoms with Crippen molar-refractivity contribution in [1.29, 1.82) is 0 Å². The van der Waals surface area contributed by atoms with Crippen LogP contribution in [0.4, 0.5) is 10.1 Å². The van der Waals surface area contributed by atoms with Crippen LogP contribution in [0.5, 0.6) is 0 Å². The normalized spacial score (nSPS) is 11.1. The Morgan fingerprint density at radius 2 is 1.71 bits per heavy atom. The standard InChI is InChI=1S/C26H23FN2O2/c1-16(2)21-9-6-7-17(3)23(21)28-26(31)25(30)24-22(18-10-12-19(27)13-11-18)15-20-8-4-5-14-29(20)24/h4-16H,1-3H3,(H,28,31). The number of hydrogen-bond donors (Lipinski definition) is 1. The summed E-state index contributed by atoms with van der Waals surface area (Å²) in [6, 6.07) is 19.1. The van der Waals surface area contributed by atoms with Crippen LogP contribution in [0.1, 0.15) is 41.4 Å². The fourth-order valence-electron chi connectivity index (χ4n) is 3.82. The summed E-state index contributed by atoms with van der Waals surface area (Å²) in [4.78, 5) is 26.5. The number of nitrogens with one attached hydrogen (secondary N) is 1. The molecule has 156 valence electrons. The molecular formula is C26H23FN2O2. The Morgan fingerprint density at radius 1 is 0.968 bits per heavy atom. The van der Waals surface area contributed by atoms with E-state index in [9.17, 15) is 14.0 Å².